The number of anilines is 1. The highest BCUT2D eigenvalue weighted by atomic mass is 32.2. The molecule has 2 aromatic carbocycles. The minimum absolute atomic E-state index is 0.0534. The highest BCUT2D eigenvalue weighted by Crippen LogP contribution is 2.24. The number of para-hydroxylation sites is 1. The predicted octanol–water partition coefficient (Wildman–Crippen LogP) is 4.16. The van der Waals surface area contributed by atoms with Crippen LogP contribution in [0.1, 0.15) is 28.8 Å². The third-order valence-corrected chi connectivity index (χ3v) is 7.17. The van der Waals surface area contributed by atoms with Gasteiger partial charge in [-0.3, -0.25) is 4.79 Å². The van der Waals surface area contributed by atoms with Crippen molar-refractivity contribution in [2.24, 2.45) is 0 Å². The van der Waals surface area contributed by atoms with Crippen LogP contribution in [0.5, 0.6) is 11.5 Å². The standard InChI is InChI=1S/C26H29N3O4S/c1-34(31,32)29-19-17-28(18-20-29)26-24(10-6-16-27-26)25(30)11-5-7-21-12-14-23(15-13-21)33-22-8-3-2-4-9-22/h2-4,6,8-10,12-16H,5,7,11,17-20H2,1H3. The molecule has 1 aliphatic rings. The van der Waals surface area contributed by atoms with Gasteiger partial charge in [0.25, 0.3) is 0 Å². The van der Waals surface area contributed by atoms with Gasteiger partial charge in [-0.1, -0.05) is 30.3 Å². The molecule has 0 saturated carbocycles. The molecule has 3 aromatic rings. The average Bonchev–Trinajstić information content (AvgIpc) is 2.85. The first-order valence-electron chi connectivity index (χ1n) is 11.4. The second kappa shape index (κ2) is 10.8. The lowest BCUT2D eigenvalue weighted by molar-refractivity contribution is 0.0980. The molecule has 4 rings (SSSR count). The summed E-state index contributed by atoms with van der Waals surface area (Å²) < 4.78 is 30.8. The van der Waals surface area contributed by atoms with Crippen LogP contribution in [-0.4, -0.2) is 55.9 Å². The molecule has 0 aliphatic carbocycles. The van der Waals surface area contributed by atoms with Crippen molar-refractivity contribution in [1.82, 2.24) is 9.29 Å². The molecule has 1 aromatic heterocycles. The monoisotopic (exact) mass is 479 g/mol. The van der Waals surface area contributed by atoms with Crippen molar-refractivity contribution in [1.29, 1.82) is 0 Å². The smallest absolute Gasteiger partial charge is 0.211 e. The first-order chi connectivity index (χ1) is 16.4. The Morgan fingerprint density at radius 2 is 1.59 bits per heavy atom. The Hall–Kier alpha value is -3.23. The van der Waals surface area contributed by atoms with Crippen molar-refractivity contribution in [2.45, 2.75) is 19.3 Å². The molecule has 178 valence electrons. The summed E-state index contributed by atoms with van der Waals surface area (Å²) in [6.07, 6.45) is 4.84. The molecule has 1 fully saturated rings. The zero-order valence-electron chi connectivity index (χ0n) is 19.3. The number of benzene rings is 2. The second-order valence-corrected chi connectivity index (χ2v) is 10.3. The molecule has 1 saturated heterocycles. The molecule has 0 radical (unpaired) electrons. The van der Waals surface area contributed by atoms with E-state index in [-0.39, 0.29) is 5.78 Å². The van der Waals surface area contributed by atoms with Gasteiger partial charge in [0.15, 0.2) is 5.78 Å². The minimum Gasteiger partial charge on any atom is -0.457 e. The number of carbonyl (C=O) groups is 1. The van der Waals surface area contributed by atoms with Crippen molar-refractivity contribution >= 4 is 21.6 Å². The van der Waals surface area contributed by atoms with Gasteiger partial charge in [-0.15, -0.1) is 0 Å². The van der Waals surface area contributed by atoms with E-state index in [1.54, 1.807) is 12.3 Å². The molecule has 8 heteroatoms. The summed E-state index contributed by atoms with van der Waals surface area (Å²) in [4.78, 5) is 19.4. The first-order valence-corrected chi connectivity index (χ1v) is 13.2. The molecule has 0 N–H and O–H groups in total. The molecule has 7 nitrogen and oxygen atoms in total. The summed E-state index contributed by atoms with van der Waals surface area (Å²) in [5.74, 6) is 2.27. The van der Waals surface area contributed by atoms with Gasteiger partial charge in [-0.05, 0) is 54.8 Å². The fourth-order valence-electron chi connectivity index (χ4n) is 4.03. The lowest BCUT2D eigenvalue weighted by Crippen LogP contribution is -2.49. The number of aryl methyl sites for hydroxylation is 1. The van der Waals surface area contributed by atoms with E-state index in [9.17, 15) is 13.2 Å². The molecule has 0 spiro atoms. The Morgan fingerprint density at radius 3 is 2.26 bits per heavy atom. The van der Waals surface area contributed by atoms with Crippen molar-refractivity contribution in [2.75, 3.05) is 37.3 Å². The van der Waals surface area contributed by atoms with Crippen LogP contribution in [0.4, 0.5) is 5.82 Å². The lowest BCUT2D eigenvalue weighted by Gasteiger charge is -2.34. The Balaban J connectivity index is 1.31. The Bertz CT molecular complexity index is 1210. The summed E-state index contributed by atoms with van der Waals surface area (Å²) in [5, 5.41) is 0. The van der Waals surface area contributed by atoms with Crippen LogP contribution in [0.25, 0.3) is 0 Å². The number of pyridine rings is 1. The molecule has 0 atom stereocenters. The zero-order chi connectivity index (χ0) is 24.0. The number of ether oxygens (including phenoxy) is 1. The van der Waals surface area contributed by atoms with E-state index in [2.05, 4.69) is 4.98 Å². The maximum Gasteiger partial charge on any atom is 0.211 e. The average molecular weight is 480 g/mol. The summed E-state index contributed by atoms with van der Waals surface area (Å²) in [6, 6.07) is 21.2. The van der Waals surface area contributed by atoms with Gasteiger partial charge >= 0.3 is 0 Å². The van der Waals surface area contributed by atoms with Gasteiger partial charge in [0, 0.05) is 38.8 Å². The number of nitrogens with zero attached hydrogens (tertiary/aromatic N) is 3. The predicted molar refractivity (Wildman–Crippen MR) is 133 cm³/mol. The number of rotatable bonds is 9. The number of Topliss-reactive ketones (excluding diaryl/α,β-unsaturated/α-hetero) is 1. The molecule has 0 unspecified atom stereocenters. The van der Waals surface area contributed by atoms with Crippen LogP contribution < -0.4 is 9.64 Å². The Morgan fingerprint density at radius 1 is 0.912 bits per heavy atom. The van der Waals surface area contributed by atoms with Gasteiger partial charge in [0.05, 0.1) is 11.8 Å². The van der Waals surface area contributed by atoms with Crippen LogP contribution in [0, 0.1) is 0 Å². The summed E-state index contributed by atoms with van der Waals surface area (Å²) in [7, 11) is -3.20. The Kier molecular flexibility index (Phi) is 7.59. The molecule has 0 amide bonds. The van der Waals surface area contributed by atoms with Crippen LogP contribution in [0.3, 0.4) is 0 Å². The fraction of sp³-hybridized carbons (Fsp3) is 0.308. The number of carbonyl (C=O) groups excluding carboxylic acids is 1. The quantitative estimate of drug-likeness (QED) is 0.429. The van der Waals surface area contributed by atoms with E-state index >= 15 is 0 Å². The second-order valence-electron chi connectivity index (χ2n) is 8.36. The molecular formula is C26H29N3O4S. The number of aromatic nitrogens is 1. The van der Waals surface area contributed by atoms with Crippen LogP contribution in [-0.2, 0) is 16.4 Å². The number of ketones is 1. The van der Waals surface area contributed by atoms with E-state index in [1.807, 2.05) is 65.6 Å². The van der Waals surface area contributed by atoms with Gasteiger partial charge in [0.1, 0.15) is 17.3 Å². The number of piperazine rings is 1. The summed E-state index contributed by atoms with van der Waals surface area (Å²) in [5.41, 5.74) is 1.75. The van der Waals surface area contributed by atoms with Gasteiger partial charge < -0.3 is 9.64 Å². The minimum atomic E-state index is -3.20. The molecule has 1 aliphatic heterocycles. The highest BCUT2D eigenvalue weighted by molar-refractivity contribution is 7.88. The van der Waals surface area contributed by atoms with Gasteiger partial charge in [-0.2, -0.15) is 4.31 Å². The molecule has 34 heavy (non-hydrogen) atoms. The highest BCUT2D eigenvalue weighted by Gasteiger charge is 2.26. The third kappa shape index (κ3) is 6.21. The van der Waals surface area contributed by atoms with Gasteiger partial charge in [-0.25, -0.2) is 13.4 Å². The van der Waals surface area contributed by atoms with Crippen molar-refractivity contribution in [3.8, 4) is 11.5 Å². The van der Waals surface area contributed by atoms with Crippen molar-refractivity contribution in [3.63, 3.8) is 0 Å². The number of sulfonamides is 1. The van der Waals surface area contributed by atoms with Crippen molar-refractivity contribution < 1.29 is 17.9 Å². The van der Waals surface area contributed by atoms with E-state index in [0.717, 1.165) is 29.9 Å². The summed E-state index contributed by atoms with van der Waals surface area (Å²) >= 11 is 0. The summed E-state index contributed by atoms with van der Waals surface area (Å²) in [6.45, 7) is 1.82. The number of hydrogen-bond donors (Lipinski definition) is 0. The van der Waals surface area contributed by atoms with Crippen molar-refractivity contribution in [3.05, 3.63) is 84.1 Å². The first kappa shape index (κ1) is 23.9. The molecule has 2 heterocycles. The van der Waals surface area contributed by atoms with Gasteiger partial charge in [0.2, 0.25) is 10.0 Å². The van der Waals surface area contributed by atoms with Crippen LogP contribution in [0.15, 0.2) is 72.9 Å². The Labute approximate surface area is 201 Å². The maximum absolute atomic E-state index is 13.0. The zero-order valence-corrected chi connectivity index (χ0v) is 20.1. The van der Waals surface area contributed by atoms with E-state index in [1.165, 1.54) is 10.6 Å². The largest absolute Gasteiger partial charge is 0.457 e. The van der Waals surface area contributed by atoms with E-state index in [0.29, 0.717) is 44.0 Å². The molecular weight excluding hydrogens is 450 g/mol. The topological polar surface area (TPSA) is 79.8 Å². The maximum atomic E-state index is 13.0. The SMILES string of the molecule is CS(=O)(=O)N1CCN(c2ncccc2C(=O)CCCc2ccc(Oc3ccccc3)cc2)CC1. The lowest BCUT2D eigenvalue weighted by atomic mass is 10.0. The van der Waals surface area contributed by atoms with Crippen LogP contribution >= 0.6 is 0 Å². The van der Waals surface area contributed by atoms with E-state index < -0.39 is 10.0 Å². The third-order valence-electron chi connectivity index (χ3n) is 5.87. The van der Waals surface area contributed by atoms with E-state index in [4.69, 9.17) is 4.74 Å². The number of hydrogen-bond acceptors (Lipinski definition) is 6. The molecule has 0 bridgehead atoms. The van der Waals surface area contributed by atoms with Crippen LogP contribution in [0.2, 0.25) is 0 Å². The fourth-order valence-corrected chi connectivity index (χ4v) is 4.86. The normalized spacial score (nSPS) is 14.7.